The maximum Gasteiger partial charge on any atom is 0.245 e. The number of amides is 1. The van der Waals surface area contributed by atoms with Crippen LogP contribution in [0.3, 0.4) is 0 Å². The number of nitrogens with zero attached hydrogens (tertiary/aromatic N) is 1. The summed E-state index contributed by atoms with van der Waals surface area (Å²) in [5, 5.41) is 0. The van der Waals surface area contributed by atoms with Crippen molar-refractivity contribution in [1.82, 2.24) is 4.72 Å². The topological polar surface area (TPSA) is 66.5 Å². The lowest BCUT2D eigenvalue weighted by atomic mass is 10.1. The van der Waals surface area contributed by atoms with Crippen molar-refractivity contribution in [1.29, 1.82) is 0 Å². The molecule has 7 heteroatoms. The minimum atomic E-state index is -3.82. The molecule has 0 saturated carbocycles. The van der Waals surface area contributed by atoms with Crippen molar-refractivity contribution in [3.05, 3.63) is 58.9 Å². The van der Waals surface area contributed by atoms with E-state index >= 15 is 0 Å². The first-order chi connectivity index (χ1) is 12.2. The average molecular weight is 376 g/mol. The van der Waals surface area contributed by atoms with E-state index in [4.69, 9.17) is 0 Å². The van der Waals surface area contributed by atoms with Crippen LogP contribution in [0.5, 0.6) is 0 Å². The molecule has 1 fully saturated rings. The lowest BCUT2D eigenvalue weighted by Gasteiger charge is -2.18. The molecule has 1 heterocycles. The first kappa shape index (κ1) is 18.5. The standard InChI is InChI=1S/C19H21FN2O3S/c1-12-10-14(3)18(11-13(12)2)26(24,25)21-17-8-9-22(19(17)23)16-6-4-15(20)5-7-16/h4-7,10-11,17,21H,8-9H2,1-3H3. The highest BCUT2D eigenvalue weighted by Gasteiger charge is 2.36. The van der Waals surface area contributed by atoms with Gasteiger partial charge in [-0.3, -0.25) is 4.79 Å². The van der Waals surface area contributed by atoms with Crippen LogP contribution < -0.4 is 9.62 Å². The molecule has 1 aliphatic heterocycles. The van der Waals surface area contributed by atoms with Gasteiger partial charge in [0.05, 0.1) is 4.90 Å². The molecule has 0 aromatic heterocycles. The first-order valence-corrected chi connectivity index (χ1v) is 9.84. The smallest absolute Gasteiger partial charge is 0.245 e. The van der Waals surface area contributed by atoms with E-state index in [0.717, 1.165) is 11.1 Å². The number of carbonyl (C=O) groups excluding carboxylic acids is 1. The Hall–Kier alpha value is -2.25. The fourth-order valence-electron chi connectivity index (χ4n) is 3.14. The van der Waals surface area contributed by atoms with Crippen molar-refractivity contribution in [3.63, 3.8) is 0 Å². The van der Waals surface area contributed by atoms with Gasteiger partial charge in [-0.2, -0.15) is 4.72 Å². The van der Waals surface area contributed by atoms with E-state index in [9.17, 15) is 17.6 Å². The molecular formula is C19H21FN2O3S. The maximum atomic E-state index is 13.1. The highest BCUT2D eigenvalue weighted by molar-refractivity contribution is 7.89. The van der Waals surface area contributed by atoms with Gasteiger partial charge in [-0.1, -0.05) is 6.07 Å². The zero-order valence-corrected chi connectivity index (χ0v) is 15.7. The SMILES string of the molecule is Cc1cc(C)c(S(=O)(=O)NC2CCN(c3ccc(F)cc3)C2=O)cc1C. The fraction of sp³-hybridized carbons (Fsp3) is 0.316. The number of aryl methyl sites for hydroxylation is 3. The minimum absolute atomic E-state index is 0.189. The number of halogens is 1. The minimum Gasteiger partial charge on any atom is -0.311 e. The molecule has 138 valence electrons. The van der Waals surface area contributed by atoms with Gasteiger partial charge in [0, 0.05) is 12.2 Å². The maximum absolute atomic E-state index is 13.1. The molecule has 1 aliphatic rings. The highest BCUT2D eigenvalue weighted by Crippen LogP contribution is 2.25. The molecule has 5 nitrogen and oxygen atoms in total. The number of sulfonamides is 1. The number of rotatable bonds is 4. The number of hydrogen-bond donors (Lipinski definition) is 1. The molecule has 1 N–H and O–H groups in total. The van der Waals surface area contributed by atoms with Gasteiger partial charge >= 0.3 is 0 Å². The molecule has 2 aromatic rings. The van der Waals surface area contributed by atoms with Crippen molar-refractivity contribution in [2.24, 2.45) is 0 Å². The largest absolute Gasteiger partial charge is 0.311 e. The number of hydrogen-bond acceptors (Lipinski definition) is 3. The van der Waals surface area contributed by atoms with Crippen LogP contribution >= 0.6 is 0 Å². The van der Waals surface area contributed by atoms with Crippen molar-refractivity contribution in [3.8, 4) is 0 Å². The van der Waals surface area contributed by atoms with Gasteiger partial charge < -0.3 is 4.90 Å². The number of nitrogens with one attached hydrogen (secondary N) is 1. The van der Waals surface area contributed by atoms with Crippen LogP contribution in [0.25, 0.3) is 0 Å². The summed E-state index contributed by atoms with van der Waals surface area (Å²) < 4.78 is 41.1. The Labute approximate surface area is 152 Å². The second kappa shape index (κ2) is 6.81. The van der Waals surface area contributed by atoms with Crippen LogP contribution in [0.15, 0.2) is 41.3 Å². The molecule has 3 rings (SSSR count). The van der Waals surface area contributed by atoms with Gasteiger partial charge in [0.25, 0.3) is 0 Å². The van der Waals surface area contributed by atoms with Gasteiger partial charge in [-0.25, -0.2) is 12.8 Å². The molecule has 1 unspecified atom stereocenters. The third-order valence-electron chi connectivity index (χ3n) is 4.72. The zero-order valence-electron chi connectivity index (χ0n) is 14.9. The van der Waals surface area contributed by atoms with Crippen LogP contribution in [-0.4, -0.2) is 26.9 Å². The predicted molar refractivity (Wildman–Crippen MR) is 98.1 cm³/mol. The number of carbonyl (C=O) groups is 1. The summed E-state index contributed by atoms with van der Waals surface area (Å²) in [4.78, 5) is 14.3. The van der Waals surface area contributed by atoms with Crippen molar-refractivity contribution < 1.29 is 17.6 Å². The van der Waals surface area contributed by atoms with Crippen LogP contribution in [0.4, 0.5) is 10.1 Å². The zero-order chi connectivity index (χ0) is 19.1. The van der Waals surface area contributed by atoms with E-state index in [1.54, 1.807) is 13.0 Å². The molecule has 1 saturated heterocycles. The first-order valence-electron chi connectivity index (χ1n) is 8.36. The summed E-state index contributed by atoms with van der Waals surface area (Å²) in [6.45, 7) is 5.89. The Morgan fingerprint density at radius 3 is 2.31 bits per heavy atom. The molecule has 0 spiro atoms. The molecular weight excluding hydrogens is 355 g/mol. The summed E-state index contributed by atoms with van der Waals surface area (Å²) in [5.41, 5.74) is 3.09. The van der Waals surface area contributed by atoms with E-state index in [1.807, 2.05) is 19.9 Å². The summed E-state index contributed by atoms with van der Waals surface area (Å²) in [5.74, 6) is -0.718. The van der Waals surface area contributed by atoms with E-state index in [1.165, 1.54) is 29.2 Å². The summed E-state index contributed by atoms with van der Waals surface area (Å²) in [7, 11) is -3.82. The van der Waals surface area contributed by atoms with E-state index in [0.29, 0.717) is 24.2 Å². The monoisotopic (exact) mass is 376 g/mol. The fourth-order valence-corrected chi connectivity index (χ4v) is 4.68. The molecule has 2 aromatic carbocycles. The van der Waals surface area contributed by atoms with Crippen LogP contribution in [-0.2, 0) is 14.8 Å². The molecule has 26 heavy (non-hydrogen) atoms. The normalized spacial score (nSPS) is 17.8. The van der Waals surface area contributed by atoms with Gasteiger partial charge in [0.1, 0.15) is 11.9 Å². The van der Waals surface area contributed by atoms with Gasteiger partial charge in [0.15, 0.2) is 0 Å². The molecule has 0 radical (unpaired) electrons. The van der Waals surface area contributed by atoms with E-state index in [-0.39, 0.29) is 16.6 Å². The summed E-state index contributed by atoms with van der Waals surface area (Å²) >= 11 is 0. The summed E-state index contributed by atoms with van der Waals surface area (Å²) in [6.07, 6.45) is 0.360. The van der Waals surface area contributed by atoms with Gasteiger partial charge in [-0.15, -0.1) is 0 Å². The Bertz CT molecular complexity index is 955. The highest BCUT2D eigenvalue weighted by atomic mass is 32.2. The number of anilines is 1. The molecule has 1 amide bonds. The van der Waals surface area contributed by atoms with Crippen molar-refractivity contribution >= 4 is 21.6 Å². The summed E-state index contributed by atoms with van der Waals surface area (Å²) in [6, 6.07) is 8.20. The van der Waals surface area contributed by atoms with E-state index in [2.05, 4.69) is 4.72 Å². The van der Waals surface area contributed by atoms with Gasteiger partial charge in [-0.05, 0) is 74.2 Å². The molecule has 1 atom stereocenters. The Morgan fingerprint density at radius 1 is 1.04 bits per heavy atom. The van der Waals surface area contributed by atoms with Crippen molar-refractivity contribution in [2.75, 3.05) is 11.4 Å². The lowest BCUT2D eigenvalue weighted by Crippen LogP contribution is -2.41. The third kappa shape index (κ3) is 3.50. The van der Waals surface area contributed by atoms with E-state index < -0.39 is 16.1 Å². The molecule has 0 bridgehead atoms. The second-order valence-corrected chi connectivity index (χ2v) is 8.31. The van der Waals surface area contributed by atoms with Gasteiger partial charge in [0.2, 0.25) is 15.9 Å². The van der Waals surface area contributed by atoms with Crippen LogP contribution in [0.1, 0.15) is 23.1 Å². The number of benzene rings is 2. The Kier molecular flexibility index (Phi) is 4.86. The Morgan fingerprint density at radius 2 is 1.65 bits per heavy atom. The van der Waals surface area contributed by atoms with Crippen LogP contribution in [0.2, 0.25) is 0 Å². The second-order valence-electron chi connectivity index (χ2n) is 6.63. The average Bonchev–Trinajstić information content (AvgIpc) is 2.92. The lowest BCUT2D eigenvalue weighted by molar-refractivity contribution is -0.118. The molecule has 0 aliphatic carbocycles. The van der Waals surface area contributed by atoms with Crippen LogP contribution in [0, 0.1) is 26.6 Å². The predicted octanol–water partition coefficient (Wildman–Crippen LogP) is 2.83. The third-order valence-corrected chi connectivity index (χ3v) is 6.34. The quantitative estimate of drug-likeness (QED) is 0.892. The Balaban J connectivity index is 1.82. The van der Waals surface area contributed by atoms with Crippen molar-refractivity contribution in [2.45, 2.75) is 38.1 Å².